The van der Waals surface area contributed by atoms with Crippen molar-refractivity contribution >= 4 is 11.6 Å². The number of carbonyl (C=O) groups is 2. The monoisotopic (exact) mass is 524 g/mol. The molecule has 4 aliphatic carbocycles. The second kappa shape index (κ2) is 8.89. The van der Waals surface area contributed by atoms with Gasteiger partial charge in [0.05, 0.1) is 24.2 Å². The van der Waals surface area contributed by atoms with Gasteiger partial charge in [0.15, 0.2) is 11.9 Å². The van der Waals surface area contributed by atoms with Crippen molar-refractivity contribution in [1.82, 2.24) is 0 Å². The maximum Gasteiger partial charge on any atom is 0.311 e. The highest BCUT2D eigenvalue weighted by Gasteiger charge is 2.69. The number of hydrogen-bond donors (Lipinski definition) is 6. The van der Waals surface area contributed by atoms with Crippen molar-refractivity contribution < 1.29 is 49.7 Å². The summed E-state index contributed by atoms with van der Waals surface area (Å²) >= 11 is 0. The molecule has 0 aromatic rings. The number of ether oxygens (including phenoxy) is 2. The molecule has 37 heavy (non-hydrogen) atoms. The zero-order chi connectivity index (χ0) is 27.1. The highest BCUT2D eigenvalue weighted by atomic mass is 16.8. The number of ketones is 2. The Labute approximate surface area is 216 Å². The van der Waals surface area contributed by atoms with Crippen molar-refractivity contribution in [1.29, 1.82) is 0 Å². The van der Waals surface area contributed by atoms with Crippen LogP contribution in [0.1, 0.15) is 65.7 Å². The Morgan fingerprint density at radius 2 is 1.78 bits per heavy atom. The second-order valence-electron chi connectivity index (χ2n) is 12.5. The maximum absolute atomic E-state index is 13.6. The fourth-order valence-electron chi connectivity index (χ4n) is 8.57. The Morgan fingerprint density at radius 1 is 1.08 bits per heavy atom. The van der Waals surface area contributed by atoms with Crippen molar-refractivity contribution in [2.75, 3.05) is 6.61 Å². The fourth-order valence-corrected chi connectivity index (χ4v) is 8.57. The fraction of sp³-hybridized carbons (Fsp3) is 0.852. The molecule has 5 aliphatic rings. The van der Waals surface area contributed by atoms with Gasteiger partial charge in [0.2, 0.25) is 0 Å². The third kappa shape index (κ3) is 3.75. The summed E-state index contributed by atoms with van der Waals surface area (Å²) in [6.45, 7) is 4.93. The van der Waals surface area contributed by atoms with Crippen LogP contribution in [0.25, 0.3) is 0 Å². The van der Waals surface area contributed by atoms with E-state index in [2.05, 4.69) is 6.92 Å². The minimum absolute atomic E-state index is 0.0614. The summed E-state index contributed by atoms with van der Waals surface area (Å²) < 4.78 is 11.0. The van der Waals surface area contributed by atoms with Gasteiger partial charge in [0.25, 0.3) is 0 Å². The molecule has 6 N–H and O–H groups in total. The van der Waals surface area contributed by atoms with Crippen LogP contribution in [0.4, 0.5) is 0 Å². The third-order valence-corrected chi connectivity index (χ3v) is 10.8. The number of aliphatic hydroxyl groups is 6. The number of aliphatic hydroxyl groups excluding tert-OH is 4. The van der Waals surface area contributed by atoms with E-state index in [4.69, 9.17) is 9.47 Å². The Balaban J connectivity index is 1.39. The first-order valence-electron chi connectivity index (χ1n) is 13.4. The molecule has 4 fully saturated rings. The first kappa shape index (κ1) is 27.3. The second-order valence-corrected chi connectivity index (χ2v) is 12.5. The Kier molecular flexibility index (Phi) is 6.57. The van der Waals surface area contributed by atoms with Crippen molar-refractivity contribution in [3.05, 3.63) is 11.6 Å². The lowest BCUT2D eigenvalue weighted by molar-refractivity contribution is -0.458. The lowest BCUT2D eigenvalue weighted by atomic mass is 9.45. The first-order chi connectivity index (χ1) is 17.2. The van der Waals surface area contributed by atoms with Gasteiger partial charge in [0, 0.05) is 11.3 Å². The lowest BCUT2D eigenvalue weighted by Crippen LogP contribution is -2.67. The number of carbonyl (C=O) groups excluding carboxylic acids is 2. The largest absolute Gasteiger partial charge is 0.394 e. The first-order valence-corrected chi connectivity index (χ1v) is 13.4. The van der Waals surface area contributed by atoms with E-state index < -0.39 is 60.0 Å². The molecule has 0 bridgehead atoms. The van der Waals surface area contributed by atoms with E-state index in [-0.39, 0.29) is 35.2 Å². The molecule has 0 amide bonds. The summed E-state index contributed by atoms with van der Waals surface area (Å²) in [4.78, 5) is 26.0. The summed E-state index contributed by atoms with van der Waals surface area (Å²) in [6.07, 6.45) is -2.06. The summed E-state index contributed by atoms with van der Waals surface area (Å²) in [5, 5.41) is 62.9. The topological polar surface area (TPSA) is 174 Å². The maximum atomic E-state index is 13.6. The van der Waals surface area contributed by atoms with Gasteiger partial charge >= 0.3 is 5.97 Å². The van der Waals surface area contributed by atoms with Gasteiger partial charge in [-0.15, -0.1) is 0 Å². The van der Waals surface area contributed by atoms with E-state index >= 15 is 0 Å². The molecule has 1 heterocycles. The number of fused-ring (bicyclic) bond motifs is 5. The quantitative estimate of drug-likeness (QED) is 0.274. The molecule has 0 aromatic heterocycles. The molecule has 6 unspecified atom stereocenters. The summed E-state index contributed by atoms with van der Waals surface area (Å²) in [5.41, 5.74) is -1.42. The van der Waals surface area contributed by atoms with Crippen LogP contribution in [0.2, 0.25) is 0 Å². The van der Waals surface area contributed by atoms with Gasteiger partial charge in [-0.05, 0) is 69.3 Å². The van der Waals surface area contributed by atoms with Gasteiger partial charge < -0.3 is 40.1 Å². The van der Waals surface area contributed by atoms with Crippen LogP contribution in [-0.4, -0.2) is 90.9 Å². The van der Waals surface area contributed by atoms with E-state index in [0.717, 1.165) is 5.57 Å². The average Bonchev–Trinajstić information content (AvgIpc) is 3.12. The number of hydrogen-bond acceptors (Lipinski definition) is 10. The lowest BCUT2D eigenvalue weighted by Gasteiger charge is -2.60. The third-order valence-electron chi connectivity index (χ3n) is 10.8. The normalized spacial score (nSPS) is 53.6. The zero-order valence-electron chi connectivity index (χ0n) is 21.7. The smallest absolute Gasteiger partial charge is 0.311 e. The van der Waals surface area contributed by atoms with Crippen molar-refractivity contribution in [3.63, 3.8) is 0 Å². The van der Waals surface area contributed by atoms with E-state index in [9.17, 15) is 40.2 Å². The van der Waals surface area contributed by atoms with Gasteiger partial charge in [-0.25, -0.2) is 0 Å². The summed E-state index contributed by atoms with van der Waals surface area (Å²) in [6, 6.07) is 0. The standard InChI is InChI=1S/C27H40O10/c1-13(29)16-6-9-26(34)20-17(5-8-25(16,26)3)24(2)7-4-15(10-14(24)11-18(20)30)36-27(35)23(33)22(32)21(31)19(12-28)37-27/h11,15-17,19-23,28,31-35H,4-10,12H2,1-3H3/t15-,16-,17?,19?,20?,21+,22?,23-,24?,25?,26-,27-/m0/s1. The number of allylic oxidation sites excluding steroid dienone is 1. The minimum atomic E-state index is -2.64. The SMILES string of the molecule is CC(=O)[C@@H]1CC[C@]2(O)C3C(=O)C=C4C[C@@H](O[C@]5(O)OC(CO)[C@@H](O)C(O)[C@@H]5O)CCC4(C)C3CCC12C. The molecule has 0 radical (unpaired) electrons. The molecular formula is C27H40O10. The molecule has 0 spiro atoms. The number of rotatable bonds is 4. The van der Waals surface area contributed by atoms with E-state index in [1.54, 1.807) is 13.0 Å². The van der Waals surface area contributed by atoms with Crippen LogP contribution in [0.5, 0.6) is 0 Å². The van der Waals surface area contributed by atoms with Crippen LogP contribution in [0.15, 0.2) is 11.6 Å². The molecule has 0 aromatic carbocycles. The van der Waals surface area contributed by atoms with Crippen molar-refractivity contribution in [2.24, 2.45) is 28.6 Å². The number of Topliss-reactive ketones (excluding diaryl/α,β-unsaturated/α-hetero) is 1. The Hall–Kier alpha value is -1.24. The molecule has 10 nitrogen and oxygen atoms in total. The predicted octanol–water partition coefficient (Wildman–Crippen LogP) is -0.0466. The van der Waals surface area contributed by atoms with Gasteiger partial charge in [0.1, 0.15) is 24.1 Å². The molecule has 12 atom stereocenters. The minimum Gasteiger partial charge on any atom is -0.394 e. The van der Waals surface area contributed by atoms with E-state index in [1.165, 1.54) is 0 Å². The van der Waals surface area contributed by atoms with Gasteiger partial charge in [-0.2, -0.15) is 0 Å². The van der Waals surface area contributed by atoms with E-state index in [1.807, 2.05) is 6.92 Å². The van der Waals surface area contributed by atoms with Crippen LogP contribution < -0.4 is 0 Å². The van der Waals surface area contributed by atoms with Crippen molar-refractivity contribution in [3.8, 4) is 0 Å². The Bertz CT molecular complexity index is 996. The molecule has 3 saturated carbocycles. The Morgan fingerprint density at radius 3 is 2.43 bits per heavy atom. The molecular weight excluding hydrogens is 484 g/mol. The zero-order valence-corrected chi connectivity index (χ0v) is 21.7. The predicted molar refractivity (Wildman–Crippen MR) is 128 cm³/mol. The van der Waals surface area contributed by atoms with Crippen LogP contribution in [0, 0.1) is 28.6 Å². The summed E-state index contributed by atoms with van der Waals surface area (Å²) in [5.74, 6) is -3.67. The van der Waals surface area contributed by atoms with Crippen LogP contribution in [-0.2, 0) is 19.1 Å². The van der Waals surface area contributed by atoms with Crippen LogP contribution >= 0.6 is 0 Å². The highest BCUT2D eigenvalue weighted by Crippen LogP contribution is 2.67. The molecule has 5 rings (SSSR count). The van der Waals surface area contributed by atoms with E-state index in [0.29, 0.717) is 38.5 Å². The van der Waals surface area contributed by atoms with Crippen LogP contribution in [0.3, 0.4) is 0 Å². The van der Waals surface area contributed by atoms with Gasteiger partial charge in [-0.1, -0.05) is 19.4 Å². The molecule has 208 valence electrons. The highest BCUT2D eigenvalue weighted by molar-refractivity contribution is 5.95. The molecule has 1 aliphatic heterocycles. The average molecular weight is 525 g/mol. The molecule has 1 saturated heterocycles. The van der Waals surface area contributed by atoms with Gasteiger partial charge in [-0.3, -0.25) is 9.59 Å². The summed E-state index contributed by atoms with van der Waals surface area (Å²) in [7, 11) is 0. The van der Waals surface area contributed by atoms with Crippen molar-refractivity contribution in [2.45, 2.75) is 108 Å². The molecule has 10 heteroatoms.